The minimum atomic E-state index is -1.05. The van der Waals surface area contributed by atoms with Gasteiger partial charge in [-0.25, -0.2) is 0 Å². The Labute approximate surface area is 99.0 Å². The van der Waals surface area contributed by atoms with Crippen LogP contribution in [-0.4, -0.2) is 53.6 Å². The molecule has 0 saturated carbocycles. The third-order valence-corrected chi connectivity index (χ3v) is 2.48. The number of methoxy groups -OCH3 is 1. The molecule has 1 rings (SSSR count). The van der Waals surface area contributed by atoms with Crippen LogP contribution in [0.2, 0.25) is 0 Å². The van der Waals surface area contributed by atoms with Crippen molar-refractivity contribution >= 4 is 0 Å². The van der Waals surface area contributed by atoms with Gasteiger partial charge in [0.25, 0.3) is 0 Å². The second-order valence-corrected chi connectivity index (χ2v) is 3.30. The van der Waals surface area contributed by atoms with Gasteiger partial charge >= 0.3 is 0 Å². The minimum absolute atomic E-state index is 0. The van der Waals surface area contributed by atoms with E-state index in [-0.39, 0.29) is 34.8 Å². The first-order chi connectivity index (χ1) is 6.11. The summed E-state index contributed by atoms with van der Waals surface area (Å²) in [7, 11) is 1.38. The average Bonchev–Trinajstić information content (AvgIpc) is 2.15. The van der Waals surface area contributed by atoms with Gasteiger partial charge in [0.2, 0.25) is 0 Å². The summed E-state index contributed by atoms with van der Waals surface area (Å²) in [6.45, 7) is 1.52. The topological polar surface area (TPSA) is 79.2 Å². The lowest BCUT2D eigenvalue weighted by Crippen LogP contribution is -2.55. The molecule has 0 aromatic heterocycles. The molecule has 0 aromatic carbocycles. The van der Waals surface area contributed by atoms with E-state index < -0.39 is 24.6 Å². The molecule has 1 heterocycles. The van der Waals surface area contributed by atoms with E-state index in [1.54, 1.807) is 6.92 Å². The van der Waals surface area contributed by atoms with Crippen LogP contribution in [0.5, 0.6) is 0 Å². The Bertz CT molecular complexity index is 144. The number of rotatable bonds is 2. The molecule has 0 amide bonds. The zero-order chi connectivity index (χ0) is 10.0. The Morgan fingerprint density at radius 2 is 1.62 bits per heavy atom. The summed E-state index contributed by atoms with van der Waals surface area (Å²) in [5.41, 5.74) is 0. The smallest absolute Gasteiger partial charge is 0.186 e. The summed E-state index contributed by atoms with van der Waals surface area (Å²) in [6, 6.07) is 0. The predicted octanol–water partition coefficient (Wildman–Crippen LogP) is 0.616. The first kappa shape index (κ1) is 21.1. The molecule has 0 aromatic rings. The van der Waals surface area contributed by atoms with Crippen molar-refractivity contribution in [2.45, 2.75) is 53.8 Å². The fourth-order valence-electron chi connectivity index (χ4n) is 1.47. The maximum atomic E-state index is 9.53. The van der Waals surface area contributed by atoms with Crippen molar-refractivity contribution in [2.24, 2.45) is 5.92 Å². The van der Waals surface area contributed by atoms with Gasteiger partial charge in [-0.1, -0.05) is 29.2 Å². The molecular formula is C11H28O5. The highest BCUT2D eigenvalue weighted by molar-refractivity contribution is 4.86. The molecule has 0 radical (unpaired) electrons. The number of aliphatic hydroxyl groups excluding tert-OH is 3. The van der Waals surface area contributed by atoms with Crippen LogP contribution in [-0.2, 0) is 9.47 Å². The lowest BCUT2D eigenvalue weighted by atomic mass is 9.91. The van der Waals surface area contributed by atoms with E-state index in [2.05, 4.69) is 0 Å². The maximum absolute atomic E-state index is 9.53. The van der Waals surface area contributed by atoms with E-state index in [1.807, 2.05) is 0 Å². The molecule has 0 aliphatic carbocycles. The third kappa shape index (κ3) is 3.99. The van der Waals surface area contributed by atoms with Crippen LogP contribution in [0.1, 0.15) is 29.2 Å². The van der Waals surface area contributed by atoms with Crippen molar-refractivity contribution in [3.63, 3.8) is 0 Å². The normalized spacial score (nSPS) is 37.7. The van der Waals surface area contributed by atoms with E-state index in [9.17, 15) is 10.2 Å². The van der Waals surface area contributed by atoms with Gasteiger partial charge in [-0.05, 0) is 0 Å². The van der Waals surface area contributed by atoms with Crippen LogP contribution in [0.4, 0.5) is 0 Å². The van der Waals surface area contributed by atoms with Gasteiger partial charge in [-0.15, -0.1) is 0 Å². The van der Waals surface area contributed by atoms with Crippen molar-refractivity contribution < 1.29 is 24.8 Å². The Morgan fingerprint density at radius 3 is 2.00 bits per heavy atom. The standard InChI is InChI=1S/C8H16O5.3CH4/c1-4-5(3-9)13-8(12-2)7(11)6(4)10;;;/h4-11H,3H2,1-2H3;3*1H4. The fourth-order valence-corrected chi connectivity index (χ4v) is 1.47. The molecule has 1 fully saturated rings. The number of aliphatic hydroxyl groups is 3. The van der Waals surface area contributed by atoms with E-state index in [0.717, 1.165) is 0 Å². The van der Waals surface area contributed by atoms with E-state index in [0.29, 0.717) is 0 Å². The second-order valence-electron chi connectivity index (χ2n) is 3.30. The molecule has 3 N–H and O–H groups in total. The summed E-state index contributed by atoms with van der Waals surface area (Å²) in [6.07, 6.45) is -3.31. The highest BCUT2D eigenvalue weighted by Crippen LogP contribution is 2.25. The van der Waals surface area contributed by atoms with Crippen LogP contribution in [0, 0.1) is 5.92 Å². The van der Waals surface area contributed by atoms with Crippen molar-refractivity contribution in [3.05, 3.63) is 0 Å². The van der Waals surface area contributed by atoms with Crippen molar-refractivity contribution in [3.8, 4) is 0 Å². The van der Waals surface area contributed by atoms with Crippen LogP contribution in [0.25, 0.3) is 0 Å². The molecule has 5 nitrogen and oxygen atoms in total. The molecule has 5 atom stereocenters. The molecule has 0 bridgehead atoms. The third-order valence-electron chi connectivity index (χ3n) is 2.48. The van der Waals surface area contributed by atoms with E-state index >= 15 is 0 Å². The predicted molar refractivity (Wildman–Crippen MR) is 64.1 cm³/mol. The molecule has 5 heteroatoms. The number of hydrogen-bond acceptors (Lipinski definition) is 5. The highest BCUT2D eigenvalue weighted by Gasteiger charge is 2.41. The Hall–Kier alpha value is -0.200. The Kier molecular flexibility index (Phi) is 11.7. The maximum Gasteiger partial charge on any atom is 0.186 e. The second kappa shape index (κ2) is 8.90. The van der Waals surface area contributed by atoms with E-state index in [1.165, 1.54) is 7.11 Å². The first-order valence-corrected chi connectivity index (χ1v) is 4.27. The lowest BCUT2D eigenvalue weighted by Gasteiger charge is -2.40. The van der Waals surface area contributed by atoms with E-state index in [4.69, 9.17) is 14.6 Å². The van der Waals surface area contributed by atoms with Gasteiger partial charge < -0.3 is 24.8 Å². The molecular weight excluding hydrogens is 212 g/mol. The molecule has 102 valence electrons. The Morgan fingerprint density at radius 1 is 1.12 bits per heavy atom. The van der Waals surface area contributed by atoms with Crippen LogP contribution in [0.15, 0.2) is 0 Å². The van der Waals surface area contributed by atoms with Crippen molar-refractivity contribution in [2.75, 3.05) is 13.7 Å². The molecule has 16 heavy (non-hydrogen) atoms. The average molecular weight is 240 g/mol. The molecule has 1 aliphatic rings. The molecule has 5 unspecified atom stereocenters. The van der Waals surface area contributed by atoms with Crippen LogP contribution >= 0.6 is 0 Å². The zero-order valence-electron chi connectivity index (χ0n) is 7.75. The first-order valence-electron chi connectivity index (χ1n) is 4.27. The van der Waals surface area contributed by atoms with Gasteiger partial charge in [0.15, 0.2) is 6.29 Å². The van der Waals surface area contributed by atoms with Crippen molar-refractivity contribution in [1.82, 2.24) is 0 Å². The Balaban J connectivity index is -0.000000563. The summed E-state index contributed by atoms with van der Waals surface area (Å²) in [4.78, 5) is 0. The van der Waals surface area contributed by atoms with Crippen LogP contribution in [0.3, 0.4) is 0 Å². The number of hydrogen-bond donors (Lipinski definition) is 3. The van der Waals surface area contributed by atoms with Crippen molar-refractivity contribution in [1.29, 1.82) is 0 Å². The summed E-state index contributed by atoms with van der Waals surface area (Å²) in [5.74, 6) is -0.300. The summed E-state index contributed by atoms with van der Waals surface area (Å²) >= 11 is 0. The van der Waals surface area contributed by atoms with Gasteiger partial charge in [-0.2, -0.15) is 0 Å². The largest absolute Gasteiger partial charge is 0.394 e. The van der Waals surface area contributed by atoms with Gasteiger partial charge in [0, 0.05) is 13.0 Å². The van der Waals surface area contributed by atoms with Gasteiger partial charge in [0.05, 0.1) is 18.8 Å². The monoisotopic (exact) mass is 240 g/mol. The minimum Gasteiger partial charge on any atom is -0.394 e. The van der Waals surface area contributed by atoms with Gasteiger partial charge in [-0.3, -0.25) is 0 Å². The zero-order valence-corrected chi connectivity index (χ0v) is 7.75. The highest BCUT2D eigenvalue weighted by atomic mass is 16.7. The molecule has 1 saturated heterocycles. The van der Waals surface area contributed by atoms with Crippen LogP contribution < -0.4 is 0 Å². The quantitative estimate of drug-likeness (QED) is 0.659. The summed E-state index contributed by atoms with van der Waals surface area (Å²) in [5, 5.41) is 27.9. The lowest BCUT2D eigenvalue weighted by molar-refractivity contribution is -0.280. The molecule has 1 aliphatic heterocycles. The molecule has 0 spiro atoms. The summed E-state index contributed by atoms with van der Waals surface area (Å²) < 4.78 is 10.0. The SMILES string of the molecule is C.C.C.COC1OC(CO)C(C)C(O)C1O. The number of ether oxygens (including phenoxy) is 2. The fraction of sp³-hybridized carbons (Fsp3) is 1.00. The van der Waals surface area contributed by atoms with Gasteiger partial charge in [0.1, 0.15) is 6.10 Å².